The summed E-state index contributed by atoms with van der Waals surface area (Å²) >= 11 is 5.66. The number of sulfonamides is 1. The van der Waals surface area contributed by atoms with E-state index in [9.17, 15) is 27.1 Å². The summed E-state index contributed by atoms with van der Waals surface area (Å²) in [5.41, 5.74) is 0.0943. The molecule has 28 heavy (non-hydrogen) atoms. The van der Waals surface area contributed by atoms with E-state index >= 15 is 0 Å². The van der Waals surface area contributed by atoms with Crippen molar-refractivity contribution in [2.75, 3.05) is 5.32 Å². The monoisotopic (exact) mass is 430 g/mol. The van der Waals surface area contributed by atoms with Crippen molar-refractivity contribution < 1.29 is 27.1 Å². The van der Waals surface area contributed by atoms with Gasteiger partial charge in [-0.3, -0.25) is 4.79 Å². The molecule has 3 N–H and O–H groups in total. The minimum absolute atomic E-state index is 0.103. The molecule has 0 aliphatic heterocycles. The Kier molecular flexibility index (Phi) is 5.99. The van der Waals surface area contributed by atoms with E-state index in [1.54, 1.807) is 0 Å². The number of hydrogen-bond donors (Lipinski definition) is 3. The Hall–Kier alpha value is -2.07. The average molecular weight is 431 g/mol. The van der Waals surface area contributed by atoms with Crippen LogP contribution >= 0.6 is 11.6 Å². The van der Waals surface area contributed by atoms with E-state index in [0.717, 1.165) is 24.3 Å². The maximum Gasteiger partial charge on any atom is 0.255 e. The van der Waals surface area contributed by atoms with Crippen molar-refractivity contribution >= 4 is 33.2 Å². The Bertz CT molecular complexity index is 1020. The molecule has 0 spiro atoms. The van der Waals surface area contributed by atoms with E-state index < -0.39 is 44.6 Å². The second-order valence-electron chi connectivity index (χ2n) is 6.51. The van der Waals surface area contributed by atoms with Gasteiger partial charge in [0.25, 0.3) is 5.91 Å². The number of benzene rings is 2. The zero-order valence-corrected chi connectivity index (χ0v) is 16.0. The predicted molar refractivity (Wildman–Crippen MR) is 99.7 cm³/mol. The van der Waals surface area contributed by atoms with Crippen LogP contribution in [0, 0.1) is 11.6 Å². The molecule has 0 bridgehead atoms. The molecular formula is C18H17ClF2N2O4S. The van der Waals surface area contributed by atoms with Gasteiger partial charge in [-0.2, -0.15) is 0 Å². The fraction of sp³-hybridized carbons (Fsp3) is 0.278. The van der Waals surface area contributed by atoms with Gasteiger partial charge in [0.05, 0.1) is 11.1 Å². The Morgan fingerprint density at radius 1 is 1.11 bits per heavy atom. The SMILES string of the molecule is O=C(Nc1ccc(F)c(Cl)c1)c1ccc(F)c(S(=O)(=O)NC2CCC(O)C2)c1. The third-order valence-corrected chi connectivity index (χ3v) is 6.21. The fourth-order valence-electron chi connectivity index (χ4n) is 2.98. The standard InChI is InChI=1S/C18H17ClF2N2O4S/c19-14-9-11(3-6-15(14)20)22-18(25)10-1-5-16(21)17(7-10)28(26,27)23-12-2-4-13(24)8-12/h1,3,5-7,9,12-13,23-24H,2,4,8H2,(H,22,25). The number of rotatable bonds is 5. The first-order valence-corrected chi connectivity index (χ1v) is 10.3. The van der Waals surface area contributed by atoms with Crippen molar-refractivity contribution in [1.82, 2.24) is 4.72 Å². The van der Waals surface area contributed by atoms with Gasteiger partial charge < -0.3 is 10.4 Å². The fourth-order valence-corrected chi connectivity index (χ4v) is 4.54. The van der Waals surface area contributed by atoms with Crippen molar-refractivity contribution in [3.8, 4) is 0 Å². The van der Waals surface area contributed by atoms with Crippen LogP contribution in [0.3, 0.4) is 0 Å². The lowest BCUT2D eigenvalue weighted by molar-refractivity contribution is 0.102. The third kappa shape index (κ3) is 4.67. The molecule has 0 heterocycles. The molecule has 2 aromatic rings. The van der Waals surface area contributed by atoms with Crippen LogP contribution in [0.25, 0.3) is 0 Å². The molecule has 0 radical (unpaired) electrons. The molecule has 150 valence electrons. The minimum Gasteiger partial charge on any atom is -0.393 e. The highest BCUT2D eigenvalue weighted by Crippen LogP contribution is 2.24. The van der Waals surface area contributed by atoms with E-state index in [2.05, 4.69) is 10.0 Å². The second kappa shape index (κ2) is 8.12. The molecule has 1 fully saturated rings. The summed E-state index contributed by atoms with van der Waals surface area (Å²) in [6, 6.07) is 5.98. The van der Waals surface area contributed by atoms with E-state index in [4.69, 9.17) is 11.6 Å². The highest BCUT2D eigenvalue weighted by molar-refractivity contribution is 7.89. The highest BCUT2D eigenvalue weighted by atomic mass is 35.5. The van der Waals surface area contributed by atoms with Crippen LogP contribution in [0.1, 0.15) is 29.6 Å². The molecule has 0 saturated heterocycles. The summed E-state index contributed by atoms with van der Waals surface area (Å²) in [6.45, 7) is 0. The van der Waals surface area contributed by atoms with Crippen molar-refractivity contribution in [2.24, 2.45) is 0 Å². The van der Waals surface area contributed by atoms with Gasteiger partial charge >= 0.3 is 0 Å². The Labute approximate surface area is 165 Å². The van der Waals surface area contributed by atoms with Crippen molar-refractivity contribution in [3.63, 3.8) is 0 Å². The number of nitrogens with one attached hydrogen (secondary N) is 2. The Morgan fingerprint density at radius 3 is 2.46 bits per heavy atom. The molecule has 1 saturated carbocycles. The van der Waals surface area contributed by atoms with Gasteiger partial charge in [-0.05, 0) is 55.7 Å². The number of carbonyl (C=O) groups is 1. The van der Waals surface area contributed by atoms with Crippen LogP contribution < -0.4 is 10.0 Å². The number of anilines is 1. The number of halogens is 3. The first-order chi connectivity index (χ1) is 13.2. The zero-order chi connectivity index (χ0) is 20.5. The molecule has 2 aromatic carbocycles. The van der Waals surface area contributed by atoms with Crippen molar-refractivity contribution in [2.45, 2.75) is 36.3 Å². The van der Waals surface area contributed by atoms with E-state index in [-0.39, 0.29) is 22.7 Å². The van der Waals surface area contributed by atoms with Gasteiger partial charge in [0.15, 0.2) is 0 Å². The second-order valence-corrected chi connectivity index (χ2v) is 8.60. The Morgan fingerprint density at radius 2 is 1.82 bits per heavy atom. The lowest BCUT2D eigenvalue weighted by Crippen LogP contribution is -2.34. The normalized spacial score (nSPS) is 19.6. The van der Waals surface area contributed by atoms with Crippen LogP contribution in [0.5, 0.6) is 0 Å². The predicted octanol–water partition coefficient (Wildman–Crippen LogP) is 3.06. The topological polar surface area (TPSA) is 95.5 Å². The summed E-state index contributed by atoms with van der Waals surface area (Å²) in [7, 11) is -4.23. The maximum absolute atomic E-state index is 14.1. The van der Waals surface area contributed by atoms with Crippen LogP contribution in [0.2, 0.25) is 5.02 Å². The first kappa shape index (κ1) is 20.7. The zero-order valence-electron chi connectivity index (χ0n) is 14.5. The summed E-state index contributed by atoms with van der Waals surface area (Å²) in [6.07, 6.45) is 0.537. The quantitative estimate of drug-likeness (QED) is 0.679. The Balaban J connectivity index is 1.82. The molecule has 3 rings (SSSR count). The summed E-state index contributed by atoms with van der Waals surface area (Å²) in [5.74, 6) is -2.37. The molecule has 10 heteroatoms. The van der Waals surface area contributed by atoms with E-state index in [1.807, 2.05) is 0 Å². The summed E-state index contributed by atoms with van der Waals surface area (Å²) in [4.78, 5) is 11.7. The number of hydrogen-bond acceptors (Lipinski definition) is 4. The first-order valence-electron chi connectivity index (χ1n) is 8.42. The highest BCUT2D eigenvalue weighted by Gasteiger charge is 2.29. The molecule has 2 unspecified atom stereocenters. The molecule has 2 atom stereocenters. The maximum atomic E-state index is 14.1. The lowest BCUT2D eigenvalue weighted by Gasteiger charge is -2.14. The number of aliphatic hydroxyl groups excluding tert-OH is 1. The average Bonchev–Trinajstić information content (AvgIpc) is 3.02. The van der Waals surface area contributed by atoms with Gasteiger partial charge in [0.1, 0.15) is 16.5 Å². The van der Waals surface area contributed by atoms with Crippen LogP contribution in [0.4, 0.5) is 14.5 Å². The van der Waals surface area contributed by atoms with E-state index in [0.29, 0.717) is 12.8 Å². The molecule has 0 aromatic heterocycles. The minimum atomic E-state index is -4.23. The third-order valence-electron chi connectivity index (χ3n) is 4.39. The van der Waals surface area contributed by atoms with Gasteiger partial charge in [0.2, 0.25) is 10.0 Å². The smallest absolute Gasteiger partial charge is 0.255 e. The number of aliphatic hydroxyl groups is 1. The van der Waals surface area contributed by atoms with Crippen molar-refractivity contribution in [1.29, 1.82) is 0 Å². The largest absolute Gasteiger partial charge is 0.393 e. The molecule has 6 nitrogen and oxygen atoms in total. The summed E-state index contributed by atoms with van der Waals surface area (Å²) in [5, 5.41) is 11.8. The molecule has 1 aliphatic carbocycles. The molecule has 1 amide bonds. The van der Waals surface area contributed by atoms with Gasteiger partial charge in [0, 0.05) is 17.3 Å². The van der Waals surface area contributed by atoms with Gasteiger partial charge in [-0.1, -0.05) is 11.6 Å². The summed E-state index contributed by atoms with van der Waals surface area (Å²) < 4.78 is 54.7. The molecular weight excluding hydrogens is 414 g/mol. The van der Waals surface area contributed by atoms with Crippen LogP contribution in [0.15, 0.2) is 41.3 Å². The van der Waals surface area contributed by atoms with Gasteiger partial charge in [-0.15, -0.1) is 0 Å². The van der Waals surface area contributed by atoms with E-state index in [1.165, 1.54) is 12.1 Å². The van der Waals surface area contributed by atoms with Crippen LogP contribution in [-0.4, -0.2) is 31.6 Å². The lowest BCUT2D eigenvalue weighted by atomic mass is 10.2. The van der Waals surface area contributed by atoms with Gasteiger partial charge in [-0.25, -0.2) is 21.9 Å². The van der Waals surface area contributed by atoms with Crippen LogP contribution in [-0.2, 0) is 10.0 Å². The number of amides is 1. The molecule has 1 aliphatic rings. The van der Waals surface area contributed by atoms with Crippen molar-refractivity contribution in [3.05, 3.63) is 58.6 Å². The number of carbonyl (C=O) groups excluding carboxylic acids is 1.